The number of hydrogen-bond acceptors (Lipinski definition) is 6. The molecule has 6 heteroatoms. The van der Waals surface area contributed by atoms with E-state index in [1.807, 2.05) is 17.5 Å². The Morgan fingerprint density at radius 2 is 2.10 bits per heavy atom. The maximum Gasteiger partial charge on any atom is 0.337 e. The number of ether oxygens (including phenoxy) is 1. The monoisotopic (exact) mass is 305 g/mol. The highest BCUT2D eigenvalue weighted by molar-refractivity contribution is 7.13. The van der Waals surface area contributed by atoms with Gasteiger partial charge in [0.15, 0.2) is 5.13 Å². The number of rotatable bonds is 6. The van der Waals surface area contributed by atoms with Crippen molar-refractivity contribution < 1.29 is 9.53 Å². The van der Waals surface area contributed by atoms with Crippen molar-refractivity contribution in [3.8, 4) is 0 Å². The molecule has 1 aromatic heterocycles. The maximum absolute atomic E-state index is 11.4. The highest BCUT2D eigenvalue weighted by Crippen LogP contribution is 2.24. The Hall–Kier alpha value is -1.92. The van der Waals surface area contributed by atoms with Crippen LogP contribution in [0.3, 0.4) is 0 Å². The second-order valence-electron chi connectivity index (χ2n) is 4.55. The first-order valence-electron chi connectivity index (χ1n) is 6.78. The van der Waals surface area contributed by atoms with Gasteiger partial charge in [-0.2, -0.15) is 0 Å². The molecular weight excluding hydrogens is 286 g/mol. The van der Waals surface area contributed by atoms with Crippen LogP contribution in [0.4, 0.5) is 10.8 Å². The predicted octanol–water partition coefficient (Wildman–Crippen LogP) is 3.34. The van der Waals surface area contributed by atoms with E-state index >= 15 is 0 Å². The normalized spacial score (nSPS) is 12.0. The summed E-state index contributed by atoms with van der Waals surface area (Å²) in [5, 5.41) is 9.44. The number of nitrogens with one attached hydrogen (secondary N) is 2. The molecule has 1 unspecified atom stereocenters. The number of nitrogens with zero attached hydrogens (tertiary/aromatic N) is 1. The third-order valence-corrected chi connectivity index (χ3v) is 3.81. The lowest BCUT2D eigenvalue weighted by atomic mass is 10.2. The van der Waals surface area contributed by atoms with Crippen LogP contribution < -0.4 is 10.6 Å². The lowest BCUT2D eigenvalue weighted by Gasteiger charge is -2.08. The van der Waals surface area contributed by atoms with Crippen molar-refractivity contribution in [1.29, 1.82) is 0 Å². The fourth-order valence-corrected chi connectivity index (χ4v) is 2.71. The standard InChI is InChI=1S/C15H19N3O2S/c1-4-16-10(2)13-9-21-15(18-13)17-12-7-5-11(6-8-12)14(19)20-3/h5-10,16H,4H2,1-3H3,(H,17,18). The van der Waals surface area contributed by atoms with E-state index in [0.29, 0.717) is 5.56 Å². The topological polar surface area (TPSA) is 63.2 Å². The molecule has 112 valence electrons. The zero-order valence-electron chi connectivity index (χ0n) is 12.3. The van der Waals surface area contributed by atoms with Gasteiger partial charge in [-0.15, -0.1) is 11.3 Å². The lowest BCUT2D eigenvalue weighted by molar-refractivity contribution is 0.0601. The number of esters is 1. The van der Waals surface area contributed by atoms with Crippen LogP contribution in [-0.4, -0.2) is 24.6 Å². The van der Waals surface area contributed by atoms with Gasteiger partial charge in [0.2, 0.25) is 0 Å². The summed E-state index contributed by atoms with van der Waals surface area (Å²) in [6.07, 6.45) is 0. The Morgan fingerprint density at radius 1 is 1.38 bits per heavy atom. The largest absolute Gasteiger partial charge is 0.465 e. The van der Waals surface area contributed by atoms with Crippen molar-refractivity contribution in [2.45, 2.75) is 19.9 Å². The molecule has 0 fully saturated rings. The van der Waals surface area contributed by atoms with E-state index < -0.39 is 0 Å². The van der Waals surface area contributed by atoms with Crippen LogP contribution in [-0.2, 0) is 4.74 Å². The Kier molecular flexibility index (Phi) is 5.30. The molecule has 0 aliphatic heterocycles. The molecule has 1 atom stereocenters. The summed E-state index contributed by atoms with van der Waals surface area (Å²) in [5.74, 6) is -0.336. The fraction of sp³-hybridized carbons (Fsp3) is 0.333. The zero-order chi connectivity index (χ0) is 15.2. The molecule has 2 aromatic rings. The van der Waals surface area contributed by atoms with Crippen molar-refractivity contribution >= 4 is 28.1 Å². The minimum Gasteiger partial charge on any atom is -0.465 e. The molecule has 1 heterocycles. The molecular formula is C15H19N3O2S. The zero-order valence-corrected chi connectivity index (χ0v) is 13.2. The van der Waals surface area contributed by atoms with Gasteiger partial charge in [-0.05, 0) is 37.7 Å². The van der Waals surface area contributed by atoms with E-state index in [-0.39, 0.29) is 12.0 Å². The average Bonchev–Trinajstić information content (AvgIpc) is 2.96. The first kappa shape index (κ1) is 15.5. The first-order valence-corrected chi connectivity index (χ1v) is 7.66. The predicted molar refractivity (Wildman–Crippen MR) is 85.3 cm³/mol. The minimum atomic E-state index is -0.336. The Labute approximate surface area is 128 Å². The molecule has 0 aliphatic carbocycles. The number of thiazole rings is 1. The van der Waals surface area contributed by atoms with Crippen LogP contribution in [0.2, 0.25) is 0 Å². The van der Waals surface area contributed by atoms with Crippen molar-refractivity contribution in [2.75, 3.05) is 19.0 Å². The molecule has 0 amide bonds. The number of hydrogen-bond donors (Lipinski definition) is 2. The molecule has 0 spiro atoms. The van der Waals surface area contributed by atoms with Crippen LogP contribution in [0.1, 0.15) is 35.9 Å². The smallest absolute Gasteiger partial charge is 0.337 e. The van der Waals surface area contributed by atoms with Gasteiger partial charge in [0.25, 0.3) is 0 Å². The number of carbonyl (C=O) groups is 1. The van der Waals surface area contributed by atoms with Crippen LogP contribution in [0.5, 0.6) is 0 Å². The van der Waals surface area contributed by atoms with Gasteiger partial charge in [0.05, 0.1) is 18.4 Å². The molecule has 21 heavy (non-hydrogen) atoms. The summed E-state index contributed by atoms with van der Waals surface area (Å²) >= 11 is 1.56. The molecule has 0 radical (unpaired) electrons. The highest BCUT2D eigenvalue weighted by Gasteiger charge is 2.09. The van der Waals surface area contributed by atoms with Gasteiger partial charge >= 0.3 is 5.97 Å². The Morgan fingerprint density at radius 3 is 2.71 bits per heavy atom. The van der Waals surface area contributed by atoms with Gasteiger partial charge in [0.1, 0.15) is 0 Å². The van der Waals surface area contributed by atoms with Gasteiger partial charge in [-0.25, -0.2) is 9.78 Å². The number of carbonyl (C=O) groups excluding carboxylic acids is 1. The molecule has 2 rings (SSSR count). The van der Waals surface area contributed by atoms with Crippen LogP contribution in [0.15, 0.2) is 29.6 Å². The van der Waals surface area contributed by atoms with Gasteiger partial charge in [0, 0.05) is 17.1 Å². The average molecular weight is 305 g/mol. The Balaban J connectivity index is 2.03. The van der Waals surface area contributed by atoms with Crippen molar-refractivity contribution in [2.24, 2.45) is 0 Å². The summed E-state index contributed by atoms with van der Waals surface area (Å²) in [4.78, 5) is 15.9. The quantitative estimate of drug-likeness (QED) is 0.801. The SMILES string of the molecule is CCNC(C)c1csc(Nc2ccc(C(=O)OC)cc2)n1. The Bertz CT molecular complexity index is 595. The summed E-state index contributed by atoms with van der Waals surface area (Å²) in [6.45, 7) is 5.08. The summed E-state index contributed by atoms with van der Waals surface area (Å²) < 4.78 is 4.67. The van der Waals surface area contributed by atoms with Crippen molar-refractivity contribution in [3.63, 3.8) is 0 Å². The fourth-order valence-electron chi connectivity index (χ4n) is 1.88. The lowest BCUT2D eigenvalue weighted by Crippen LogP contribution is -2.17. The van der Waals surface area contributed by atoms with Gasteiger partial charge < -0.3 is 15.4 Å². The van der Waals surface area contributed by atoms with Gasteiger partial charge in [-0.3, -0.25) is 0 Å². The third kappa shape index (κ3) is 4.03. The van der Waals surface area contributed by atoms with E-state index in [2.05, 4.69) is 34.2 Å². The molecule has 1 aromatic carbocycles. The molecule has 0 saturated heterocycles. The van der Waals surface area contributed by atoms with E-state index in [0.717, 1.165) is 23.1 Å². The minimum absolute atomic E-state index is 0.239. The summed E-state index contributed by atoms with van der Waals surface area (Å²) in [5.41, 5.74) is 2.44. The summed E-state index contributed by atoms with van der Waals surface area (Å²) in [7, 11) is 1.37. The van der Waals surface area contributed by atoms with Crippen LogP contribution >= 0.6 is 11.3 Å². The van der Waals surface area contributed by atoms with Crippen molar-refractivity contribution in [3.05, 3.63) is 40.9 Å². The molecule has 5 nitrogen and oxygen atoms in total. The van der Waals surface area contributed by atoms with E-state index in [1.165, 1.54) is 7.11 Å². The second-order valence-corrected chi connectivity index (χ2v) is 5.41. The van der Waals surface area contributed by atoms with E-state index in [9.17, 15) is 4.79 Å². The van der Waals surface area contributed by atoms with Gasteiger partial charge in [-0.1, -0.05) is 6.92 Å². The van der Waals surface area contributed by atoms with Crippen molar-refractivity contribution in [1.82, 2.24) is 10.3 Å². The number of aromatic nitrogens is 1. The second kappa shape index (κ2) is 7.19. The molecule has 2 N–H and O–H groups in total. The first-order chi connectivity index (χ1) is 10.1. The van der Waals surface area contributed by atoms with Crippen LogP contribution in [0.25, 0.3) is 0 Å². The number of anilines is 2. The highest BCUT2D eigenvalue weighted by atomic mass is 32.1. The molecule has 0 bridgehead atoms. The third-order valence-electron chi connectivity index (χ3n) is 3.03. The van der Waals surface area contributed by atoms with E-state index in [1.54, 1.807) is 23.5 Å². The summed E-state index contributed by atoms with van der Waals surface area (Å²) in [6, 6.07) is 7.36. The number of methoxy groups -OCH3 is 1. The maximum atomic E-state index is 11.4. The number of benzene rings is 1. The molecule has 0 saturated carbocycles. The van der Waals surface area contributed by atoms with E-state index in [4.69, 9.17) is 0 Å². The van der Waals surface area contributed by atoms with Crippen LogP contribution in [0, 0.1) is 0 Å². The molecule has 0 aliphatic rings.